The Balaban J connectivity index is 2.19. The van der Waals surface area contributed by atoms with Gasteiger partial charge in [-0.05, 0) is 30.7 Å². The lowest BCUT2D eigenvalue weighted by molar-refractivity contribution is -0.106. The molecule has 0 aromatic heterocycles. The van der Waals surface area contributed by atoms with Crippen molar-refractivity contribution < 1.29 is 13.5 Å². The van der Waals surface area contributed by atoms with E-state index in [1.165, 1.54) is 23.9 Å². The molecule has 0 unspecified atom stereocenters. The molecule has 2 heterocycles. The number of hydrogen-bond acceptors (Lipinski definition) is 4. The van der Waals surface area contributed by atoms with Gasteiger partial charge in [-0.1, -0.05) is 27.7 Å². The molecule has 0 aliphatic carbocycles. The van der Waals surface area contributed by atoms with Gasteiger partial charge in [0.25, 0.3) is 0 Å². The summed E-state index contributed by atoms with van der Waals surface area (Å²) in [6.45, 7) is 1.89. The van der Waals surface area contributed by atoms with Gasteiger partial charge in [0.1, 0.15) is 11.4 Å². The molecule has 2 aliphatic heterocycles. The fourth-order valence-electron chi connectivity index (χ4n) is 2.99. The third-order valence-corrected chi connectivity index (χ3v) is 5.47. The van der Waals surface area contributed by atoms with Crippen molar-refractivity contribution >= 4 is 32.9 Å². The average Bonchev–Trinajstić information content (AvgIpc) is 2.38. The van der Waals surface area contributed by atoms with Crippen LogP contribution < -0.4 is 5.73 Å². The van der Waals surface area contributed by atoms with Crippen LogP contribution in [0, 0.1) is 5.82 Å². The summed E-state index contributed by atoms with van der Waals surface area (Å²) in [5.41, 5.74) is 3.39. The summed E-state index contributed by atoms with van der Waals surface area (Å²) in [7, 11) is 0. The second-order valence-electron chi connectivity index (χ2n) is 5.55. The van der Waals surface area contributed by atoms with Crippen molar-refractivity contribution in [3.63, 3.8) is 0 Å². The minimum Gasteiger partial charge on any atom is -0.379 e. The molecule has 21 heavy (non-hydrogen) atoms. The van der Waals surface area contributed by atoms with Gasteiger partial charge >= 0.3 is 0 Å². The first-order valence-corrected chi connectivity index (χ1v) is 8.38. The van der Waals surface area contributed by atoms with Crippen molar-refractivity contribution in [2.45, 2.75) is 30.7 Å². The molecule has 3 atom stereocenters. The summed E-state index contributed by atoms with van der Waals surface area (Å²) in [6, 6.07) is 4.33. The Morgan fingerprint density at radius 1 is 1.48 bits per heavy atom. The van der Waals surface area contributed by atoms with E-state index in [0.29, 0.717) is 15.2 Å². The summed E-state index contributed by atoms with van der Waals surface area (Å²) in [5.74, 6) is -0.244. The number of nitrogens with zero attached hydrogens (tertiary/aromatic N) is 1. The molecule has 0 amide bonds. The zero-order valence-corrected chi connectivity index (χ0v) is 13.8. The number of amidine groups is 1. The molecule has 0 saturated carbocycles. The first-order valence-electron chi connectivity index (χ1n) is 6.60. The average molecular weight is 377 g/mol. The predicted octanol–water partition coefficient (Wildman–Crippen LogP) is 3.36. The highest BCUT2D eigenvalue weighted by atomic mass is 79.9. The fraction of sp³-hybridized carbons (Fsp3) is 0.500. The van der Waals surface area contributed by atoms with Crippen LogP contribution >= 0.6 is 27.7 Å². The molecule has 1 aromatic carbocycles. The van der Waals surface area contributed by atoms with E-state index in [0.717, 1.165) is 0 Å². The summed E-state index contributed by atoms with van der Waals surface area (Å²) in [4.78, 5) is 4.36. The second-order valence-corrected chi connectivity index (χ2v) is 7.46. The fourth-order valence-corrected chi connectivity index (χ4v) is 4.41. The van der Waals surface area contributed by atoms with E-state index in [1.54, 1.807) is 6.07 Å². The molecule has 3 nitrogen and oxygen atoms in total. The first kappa shape index (κ1) is 15.2. The van der Waals surface area contributed by atoms with Crippen LogP contribution in [0.4, 0.5) is 8.78 Å². The second kappa shape index (κ2) is 5.21. The highest BCUT2D eigenvalue weighted by Gasteiger charge is 2.59. The Kier molecular flexibility index (Phi) is 3.78. The maximum absolute atomic E-state index is 15.6. The molecule has 7 heteroatoms. The van der Waals surface area contributed by atoms with Crippen molar-refractivity contribution in [3.05, 3.63) is 34.1 Å². The van der Waals surface area contributed by atoms with Gasteiger partial charge in [-0.15, -0.1) is 0 Å². The maximum Gasteiger partial charge on any atom is 0.155 e. The zero-order valence-electron chi connectivity index (χ0n) is 11.4. The molecular weight excluding hydrogens is 362 g/mol. The van der Waals surface area contributed by atoms with Crippen molar-refractivity contribution in [1.29, 1.82) is 0 Å². The van der Waals surface area contributed by atoms with Gasteiger partial charge in [0.15, 0.2) is 10.8 Å². The molecule has 114 valence electrons. The van der Waals surface area contributed by atoms with E-state index in [2.05, 4.69) is 20.9 Å². The van der Waals surface area contributed by atoms with Crippen LogP contribution in [0.2, 0.25) is 0 Å². The number of alkyl halides is 1. The molecule has 0 radical (unpaired) electrons. The van der Waals surface area contributed by atoms with Gasteiger partial charge in [0.05, 0.1) is 12.7 Å². The van der Waals surface area contributed by atoms with Crippen molar-refractivity contribution in [2.75, 3.05) is 12.4 Å². The van der Waals surface area contributed by atoms with Crippen LogP contribution in [0.5, 0.6) is 0 Å². The molecule has 2 aliphatic rings. The summed E-state index contributed by atoms with van der Waals surface area (Å²) in [5, 5.41) is 0.307. The Morgan fingerprint density at radius 3 is 2.95 bits per heavy atom. The minimum absolute atomic E-state index is 0.0574. The SMILES string of the molecule is C[C@H]1C[C@@]2(F)CSC(N)=N[C@@]2(c2cc(F)cc(Br)c2)CO1. The van der Waals surface area contributed by atoms with E-state index < -0.39 is 17.0 Å². The quantitative estimate of drug-likeness (QED) is 0.817. The molecule has 1 saturated heterocycles. The zero-order chi connectivity index (χ0) is 15.3. The third-order valence-electron chi connectivity index (χ3n) is 4.02. The largest absolute Gasteiger partial charge is 0.379 e. The molecule has 1 aromatic rings. The molecular formula is C14H15BrF2N2OS. The topological polar surface area (TPSA) is 47.6 Å². The number of halogens is 3. The molecule has 3 rings (SSSR count). The lowest BCUT2D eigenvalue weighted by atomic mass is 9.73. The summed E-state index contributed by atoms with van der Waals surface area (Å²) in [6.07, 6.45) is 0.0144. The van der Waals surface area contributed by atoms with Crippen LogP contribution in [-0.2, 0) is 10.3 Å². The number of thioether (sulfide) groups is 1. The van der Waals surface area contributed by atoms with Crippen molar-refractivity contribution in [1.82, 2.24) is 0 Å². The van der Waals surface area contributed by atoms with Crippen molar-refractivity contribution in [2.24, 2.45) is 10.7 Å². The Labute approximate surface area is 134 Å². The van der Waals surface area contributed by atoms with Crippen LogP contribution in [0.25, 0.3) is 0 Å². The highest BCUT2D eigenvalue weighted by Crippen LogP contribution is 2.51. The normalized spacial score (nSPS) is 36.0. The van der Waals surface area contributed by atoms with Crippen LogP contribution in [0.3, 0.4) is 0 Å². The summed E-state index contributed by atoms with van der Waals surface area (Å²) < 4.78 is 35.6. The monoisotopic (exact) mass is 376 g/mol. The number of rotatable bonds is 1. The number of hydrogen-bond donors (Lipinski definition) is 1. The predicted molar refractivity (Wildman–Crippen MR) is 83.7 cm³/mol. The van der Waals surface area contributed by atoms with E-state index >= 15 is 4.39 Å². The summed E-state index contributed by atoms with van der Waals surface area (Å²) >= 11 is 4.45. The van der Waals surface area contributed by atoms with E-state index in [-0.39, 0.29) is 24.9 Å². The number of fused-ring (bicyclic) bond motifs is 1. The molecule has 2 N–H and O–H groups in total. The lowest BCUT2D eigenvalue weighted by Gasteiger charge is -2.49. The molecule has 1 fully saturated rings. The van der Waals surface area contributed by atoms with E-state index in [9.17, 15) is 4.39 Å². The van der Waals surface area contributed by atoms with Crippen LogP contribution in [0.15, 0.2) is 27.7 Å². The first-order chi connectivity index (χ1) is 9.84. The minimum atomic E-state index is -1.61. The Morgan fingerprint density at radius 2 is 2.24 bits per heavy atom. The van der Waals surface area contributed by atoms with Crippen molar-refractivity contribution in [3.8, 4) is 0 Å². The van der Waals surface area contributed by atoms with Crippen LogP contribution in [-0.4, -0.2) is 29.3 Å². The Hall–Kier alpha value is -0.660. The van der Waals surface area contributed by atoms with Crippen LogP contribution in [0.1, 0.15) is 18.9 Å². The van der Waals surface area contributed by atoms with E-state index in [4.69, 9.17) is 10.5 Å². The van der Waals surface area contributed by atoms with Gasteiger partial charge in [0.2, 0.25) is 0 Å². The standard InChI is InChI=1S/C14H15BrF2N2OS/c1-8-5-13(17)7-21-12(18)19-14(13,6-20-8)9-2-10(15)4-11(16)3-9/h2-4,8H,5-7H2,1H3,(H2,18,19)/t8-,13+,14+/m0/s1. The number of ether oxygens (including phenoxy) is 1. The Bertz CT molecular complexity index is 594. The third kappa shape index (κ3) is 2.49. The lowest BCUT2D eigenvalue weighted by Crippen LogP contribution is -2.60. The molecule has 0 bridgehead atoms. The number of nitrogens with two attached hydrogens (primary N) is 1. The van der Waals surface area contributed by atoms with Gasteiger partial charge in [-0.2, -0.15) is 0 Å². The number of benzene rings is 1. The number of aliphatic imine (C=N–C) groups is 1. The maximum atomic E-state index is 15.6. The van der Waals surface area contributed by atoms with Gasteiger partial charge < -0.3 is 10.5 Å². The van der Waals surface area contributed by atoms with Gasteiger partial charge in [0, 0.05) is 16.6 Å². The molecule has 0 spiro atoms. The van der Waals surface area contributed by atoms with Gasteiger partial charge in [-0.25, -0.2) is 13.8 Å². The van der Waals surface area contributed by atoms with E-state index in [1.807, 2.05) is 6.92 Å². The smallest absolute Gasteiger partial charge is 0.155 e. The van der Waals surface area contributed by atoms with Gasteiger partial charge in [-0.3, -0.25) is 0 Å². The highest BCUT2D eigenvalue weighted by molar-refractivity contribution is 9.10.